The maximum atomic E-state index is 11.0. The summed E-state index contributed by atoms with van der Waals surface area (Å²) in [5.74, 6) is 1.85. The van der Waals surface area contributed by atoms with E-state index in [1.807, 2.05) is 37.4 Å². The van der Waals surface area contributed by atoms with E-state index < -0.39 is 14.3 Å². The molecule has 0 bridgehead atoms. The van der Waals surface area contributed by atoms with Gasteiger partial charge in [0.1, 0.15) is 7.14 Å². The molecule has 88 valence electrons. The topological polar surface area (TPSA) is 34.1 Å². The minimum Gasteiger partial charge on any atom is -0.323 e. The lowest BCUT2D eigenvalue weighted by Gasteiger charge is -1.97. The van der Waals surface area contributed by atoms with Crippen molar-refractivity contribution in [3.8, 4) is 0 Å². The van der Waals surface area contributed by atoms with Gasteiger partial charge in [-0.05, 0) is 25.6 Å². The van der Waals surface area contributed by atoms with Crippen LogP contribution in [0.2, 0.25) is 0 Å². The van der Waals surface area contributed by atoms with Crippen molar-refractivity contribution in [2.45, 2.75) is 13.8 Å². The molecule has 0 radical (unpaired) electrons. The summed E-state index contributed by atoms with van der Waals surface area (Å²) in [6, 6.07) is 0. The molecule has 0 saturated carbocycles. The highest BCUT2D eigenvalue weighted by molar-refractivity contribution is 7.66. The van der Waals surface area contributed by atoms with Gasteiger partial charge in [-0.3, -0.25) is 0 Å². The summed E-state index contributed by atoms with van der Waals surface area (Å²) in [6.07, 6.45) is 9.57. The lowest BCUT2D eigenvalue weighted by Crippen LogP contribution is -1.77. The smallest absolute Gasteiger partial charge is 0.105 e. The third-order valence-electron chi connectivity index (χ3n) is 2.31. The monoisotopic (exact) mass is 248 g/mol. The van der Waals surface area contributed by atoms with E-state index in [2.05, 4.69) is 0 Å². The zero-order valence-corrected chi connectivity index (χ0v) is 10.6. The number of allylic oxidation sites excluding steroid dienone is 3. The highest BCUT2D eigenvalue weighted by Gasteiger charge is 2.14. The Hall–Kier alpha value is -0.0600. The van der Waals surface area contributed by atoms with Crippen LogP contribution < -0.4 is 0 Å². The Morgan fingerprint density at radius 1 is 1.00 bits per heavy atom. The number of hydrogen-bond acceptors (Lipinski definition) is 2. The molecule has 2 rings (SSSR count). The first-order chi connectivity index (χ1) is 6.41. The molecule has 1 atom stereocenters. The second-order valence-electron chi connectivity index (χ2n) is 4.20. The van der Waals surface area contributed by atoms with Crippen molar-refractivity contribution in [3.05, 3.63) is 24.0 Å². The van der Waals surface area contributed by atoms with Crippen LogP contribution in [0, 0.1) is 0 Å². The second kappa shape index (κ2) is 5.87. The molecule has 0 saturated heterocycles. The van der Waals surface area contributed by atoms with Crippen LogP contribution in [-0.4, -0.2) is 31.8 Å². The molecule has 2 aliphatic rings. The van der Waals surface area contributed by atoms with Gasteiger partial charge < -0.3 is 9.13 Å². The van der Waals surface area contributed by atoms with E-state index in [0.29, 0.717) is 0 Å². The predicted molar refractivity (Wildman–Crippen MR) is 71.3 cm³/mol. The van der Waals surface area contributed by atoms with Gasteiger partial charge in [-0.15, -0.1) is 0 Å². The first-order valence-corrected chi connectivity index (χ1v) is 9.79. The van der Waals surface area contributed by atoms with Gasteiger partial charge in [-0.2, -0.15) is 0 Å². The van der Waals surface area contributed by atoms with Crippen LogP contribution in [0.5, 0.6) is 0 Å². The van der Waals surface area contributed by atoms with E-state index in [9.17, 15) is 9.13 Å². The zero-order valence-electron chi connectivity index (χ0n) is 8.85. The second-order valence-corrected chi connectivity index (χ2v) is 10.6. The van der Waals surface area contributed by atoms with Gasteiger partial charge in [0, 0.05) is 18.5 Å². The first-order valence-electron chi connectivity index (χ1n) is 4.86. The summed E-state index contributed by atoms with van der Waals surface area (Å²) in [5.41, 5.74) is 0. The fourth-order valence-electron chi connectivity index (χ4n) is 1.37. The van der Waals surface area contributed by atoms with E-state index in [4.69, 9.17) is 0 Å². The molecule has 0 aromatic rings. The van der Waals surface area contributed by atoms with Crippen molar-refractivity contribution < 1.29 is 9.13 Å². The van der Waals surface area contributed by atoms with Gasteiger partial charge >= 0.3 is 0 Å². The van der Waals surface area contributed by atoms with Crippen molar-refractivity contribution in [2.24, 2.45) is 0 Å². The summed E-state index contributed by atoms with van der Waals surface area (Å²) < 4.78 is 21.9. The average molecular weight is 248 g/mol. The van der Waals surface area contributed by atoms with Crippen molar-refractivity contribution >= 4 is 14.3 Å². The summed E-state index contributed by atoms with van der Waals surface area (Å²) in [4.78, 5) is 0. The van der Waals surface area contributed by atoms with Crippen LogP contribution in [0.1, 0.15) is 13.8 Å². The fourth-order valence-corrected chi connectivity index (χ4v) is 4.12. The number of rotatable bonds is 0. The Morgan fingerprint density at radius 3 is 1.67 bits per heavy atom. The molecular weight excluding hydrogens is 226 g/mol. The van der Waals surface area contributed by atoms with E-state index in [1.54, 1.807) is 0 Å². The van der Waals surface area contributed by atoms with Gasteiger partial charge in [0.15, 0.2) is 0 Å². The molecule has 2 aliphatic heterocycles. The zero-order chi connectivity index (χ0) is 10.7. The molecule has 0 aromatic heterocycles. The van der Waals surface area contributed by atoms with Crippen molar-refractivity contribution in [2.75, 3.05) is 31.8 Å². The maximum absolute atomic E-state index is 11.0. The van der Waals surface area contributed by atoms with Gasteiger partial charge in [0.2, 0.25) is 0 Å². The molecule has 4 heteroatoms. The van der Waals surface area contributed by atoms with Crippen LogP contribution in [0.25, 0.3) is 0 Å². The van der Waals surface area contributed by atoms with Crippen LogP contribution in [0.15, 0.2) is 24.0 Å². The van der Waals surface area contributed by atoms with E-state index >= 15 is 0 Å². The van der Waals surface area contributed by atoms with E-state index in [0.717, 1.165) is 24.9 Å². The van der Waals surface area contributed by atoms with Crippen LogP contribution in [0.3, 0.4) is 0 Å². The Balaban J connectivity index is 0.000000245. The summed E-state index contributed by atoms with van der Waals surface area (Å²) in [5, 5.41) is 0. The third-order valence-corrected chi connectivity index (χ3v) is 6.26. The van der Waals surface area contributed by atoms with Gasteiger partial charge in [0.25, 0.3) is 0 Å². The Labute approximate surface area is 93.6 Å². The fraction of sp³-hybridized carbons (Fsp3) is 0.636. The molecule has 15 heavy (non-hydrogen) atoms. The van der Waals surface area contributed by atoms with Crippen LogP contribution >= 0.6 is 14.3 Å². The van der Waals surface area contributed by atoms with Gasteiger partial charge in [0.05, 0.1) is 7.14 Å². The van der Waals surface area contributed by atoms with Gasteiger partial charge in [-0.1, -0.05) is 25.7 Å². The molecule has 2 nitrogen and oxygen atoms in total. The minimum atomic E-state index is -1.72. The lowest BCUT2D eigenvalue weighted by molar-refractivity contribution is 0.583. The average Bonchev–Trinajstić information content (AvgIpc) is 2.60. The summed E-state index contributed by atoms with van der Waals surface area (Å²) >= 11 is 0. The van der Waals surface area contributed by atoms with Crippen LogP contribution in [-0.2, 0) is 9.13 Å². The molecule has 0 aromatic carbocycles. The summed E-state index contributed by atoms with van der Waals surface area (Å²) in [6.45, 7) is 3.68. The lowest BCUT2D eigenvalue weighted by atomic mass is 10.5. The predicted octanol–water partition coefficient (Wildman–Crippen LogP) is 4.08. The molecule has 0 N–H and O–H groups in total. The highest BCUT2D eigenvalue weighted by Crippen LogP contribution is 2.47. The molecule has 0 spiro atoms. The summed E-state index contributed by atoms with van der Waals surface area (Å²) in [7, 11) is -3.38. The maximum Gasteiger partial charge on any atom is 0.105 e. The first kappa shape index (κ1) is 14.9. The Morgan fingerprint density at radius 2 is 1.53 bits per heavy atom. The third kappa shape index (κ3) is 6.17. The minimum absolute atomic E-state index is 0. The normalized spacial score (nSPS) is 30.5. The van der Waals surface area contributed by atoms with E-state index in [-0.39, 0.29) is 7.43 Å². The molecule has 0 amide bonds. The van der Waals surface area contributed by atoms with E-state index in [1.165, 1.54) is 0 Å². The Bertz CT molecular complexity index is 330. The quantitative estimate of drug-likeness (QED) is 0.478. The number of hydrogen-bond donors (Lipinski definition) is 0. The molecule has 2 heterocycles. The highest BCUT2D eigenvalue weighted by atomic mass is 31.2. The van der Waals surface area contributed by atoms with Crippen molar-refractivity contribution in [1.82, 2.24) is 0 Å². The van der Waals surface area contributed by atoms with Gasteiger partial charge in [-0.25, -0.2) is 0 Å². The molecule has 0 aliphatic carbocycles. The Kier molecular flexibility index (Phi) is 5.85. The molecule has 0 fully saturated rings. The van der Waals surface area contributed by atoms with Crippen molar-refractivity contribution in [3.63, 3.8) is 0 Å². The molecule has 1 unspecified atom stereocenters. The van der Waals surface area contributed by atoms with Crippen molar-refractivity contribution in [1.29, 1.82) is 0 Å². The SMILES string of the molecule is C.CP1(=O)C=CCC1.CP1(=O)CC=CC1. The standard InChI is InChI=1S/2C5H9OP.CH4/c2*1-7(6)4-2-3-5-7;/h2,4H,3,5H2,1H3;2-3H,4-5H2,1H3;1H4. The van der Waals surface area contributed by atoms with Crippen LogP contribution in [0.4, 0.5) is 0 Å². The molecular formula is C11H22O2P2. The largest absolute Gasteiger partial charge is 0.323 e.